The first-order chi connectivity index (χ1) is 6.78. The van der Waals surface area contributed by atoms with Crippen LogP contribution < -0.4 is 0 Å². The first-order valence-electron chi connectivity index (χ1n) is 5.59. The van der Waals surface area contributed by atoms with Gasteiger partial charge in [-0.05, 0) is 51.4 Å². The van der Waals surface area contributed by atoms with Gasteiger partial charge in [-0.3, -0.25) is 0 Å². The fraction of sp³-hybridized carbons (Fsp3) is 0.818. The molecule has 1 aromatic rings. The van der Waals surface area contributed by atoms with Crippen molar-refractivity contribution in [2.24, 2.45) is 5.92 Å². The summed E-state index contributed by atoms with van der Waals surface area (Å²) in [6.07, 6.45) is 7.88. The molecule has 3 fully saturated rings. The molecule has 3 saturated carbocycles. The van der Waals surface area contributed by atoms with Gasteiger partial charge >= 0.3 is 0 Å². The molecule has 76 valence electrons. The Morgan fingerprint density at radius 2 is 1.86 bits per heavy atom. The molecule has 0 aliphatic heterocycles. The number of nitrogens with zero attached hydrogens (tertiary/aromatic N) is 2. The van der Waals surface area contributed by atoms with Gasteiger partial charge in [0.15, 0.2) is 5.82 Å². The van der Waals surface area contributed by atoms with Gasteiger partial charge in [-0.15, -0.1) is 0 Å². The van der Waals surface area contributed by atoms with Crippen molar-refractivity contribution < 1.29 is 4.52 Å². The summed E-state index contributed by atoms with van der Waals surface area (Å²) in [5, 5.41) is 3.92. The Labute approximate surface area is 83.9 Å². The molecule has 1 heterocycles. The first-order valence-corrected chi connectivity index (χ1v) is 5.59. The van der Waals surface area contributed by atoms with Crippen LogP contribution >= 0.6 is 0 Å². The van der Waals surface area contributed by atoms with Crippen LogP contribution in [0.2, 0.25) is 0 Å². The zero-order valence-electron chi connectivity index (χ0n) is 8.62. The first kappa shape index (κ1) is 8.45. The number of fused-ring (bicyclic) bond motifs is 3. The van der Waals surface area contributed by atoms with Crippen LogP contribution in [0.4, 0.5) is 0 Å². The van der Waals surface area contributed by atoms with E-state index in [1.807, 2.05) is 6.92 Å². The molecule has 0 radical (unpaired) electrons. The van der Waals surface area contributed by atoms with E-state index >= 15 is 0 Å². The third-order valence-corrected chi connectivity index (χ3v) is 4.07. The van der Waals surface area contributed by atoms with Crippen LogP contribution in [0.25, 0.3) is 0 Å². The number of aryl methyl sites for hydroxylation is 1. The van der Waals surface area contributed by atoms with Crippen LogP contribution in [-0.4, -0.2) is 10.1 Å². The number of hydrogen-bond acceptors (Lipinski definition) is 3. The van der Waals surface area contributed by atoms with E-state index in [1.54, 1.807) is 0 Å². The summed E-state index contributed by atoms with van der Waals surface area (Å²) >= 11 is 0. The lowest BCUT2D eigenvalue weighted by Crippen LogP contribution is -2.37. The molecule has 0 amide bonds. The fourth-order valence-electron chi connectivity index (χ4n) is 3.08. The zero-order chi connectivity index (χ0) is 9.60. The second-order valence-electron chi connectivity index (χ2n) is 4.91. The van der Waals surface area contributed by atoms with E-state index in [0.29, 0.717) is 0 Å². The van der Waals surface area contributed by atoms with Crippen LogP contribution in [0.15, 0.2) is 4.52 Å². The van der Waals surface area contributed by atoms with E-state index in [9.17, 15) is 0 Å². The molecule has 0 saturated heterocycles. The maximum Gasteiger partial charge on any atom is 0.232 e. The van der Waals surface area contributed by atoms with Crippen molar-refractivity contribution in [2.45, 2.75) is 50.9 Å². The molecule has 3 heteroatoms. The standard InChI is InChI=1S/C11H16N2O/c1-8-12-10(14-13-8)11-5-2-9(3-6-11)4-7-11/h9H,2-7H2,1H3. The Morgan fingerprint density at radius 1 is 1.21 bits per heavy atom. The van der Waals surface area contributed by atoms with E-state index in [4.69, 9.17) is 4.52 Å². The van der Waals surface area contributed by atoms with Crippen LogP contribution in [0.1, 0.15) is 50.2 Å². The number of rotatable bonds is 1. The molecule has 4 rings (SSSR count). The van der Waals surface area contributed by atoms with Gasteiger partial charge in [0, 0.05) is 5.41 Å². The molecule has 0 aromatic carbocycles. The van der Waals surface area contributed by atoms with Crippen molar-refractivity contribution >= 4 is 0 Å². The van der Waals surface area contributed by atoms with Gasteiger partial charge in [0.1, 0.15) is 0 Å². The molecule has 0 N–H and O–H groups in total. The molecular formula is C11H16N2O. The molecule has 1 aromatic heterocycles. The average Bonchev–Trinajstić information content (AvgIpc) is 2.68. The van der Waals surface area contributed by atoms with Crippen LogP contribution in [0.3, 0.4) is 0 Å². The maximum absolute atomic E-state index is 5.36. The van der Waals surface area contributed by atoms with Gasteiger partial charge < -0.3 is 4.52 Å². The van der Waals surface area contributed by atoms with E-state index in [-0.39, 0.29) is 5.41 Å². The van der Waals surface area contributed by atoms with E-state index in [1.165, 1.54) is 38.5 Å². The van der Waals surface area contributed by atoms with Crippen molar-refractivity contribution in [1.82, 2.24) is 10.1 Å². The minimum absolute atomic E-state index is 0.260. The smallest absolute Gasteiger partial charge is 0.232 e. The summed E-state index contributed by atoms with van der Waals surface area (Å²) in [5.74, 6) is 2.68. The highest BCUT2D eigenvalue weighted by Gasteiger charge is 2.45. The summed E-state index contributed by atoms with van der Waals surface area (Å²) in [5.41, 5.74) is 0.260. The topological polar surface area (TPSA) is 38.9 Å². The fourth-order valence-corrected chi connectivity index (χ4v) is 3.08. The molecule has 3 nitrogen and oxygen atoms in total. The van der Waals surface area contributed by atoms with Crippen molar-refractivity contribution in [3.63, 3.8) is 0 Å². The molecule has 0 atom stereocenters. The number of hydrogen-bond donors (Lipinski definition) is 0. The lowest BCUT2D eigenvalue weighted by atomic mass is 9.60. The average molecular weight is 192 g/mol. The number of aromatic nitrogens is 2. The van der Waals surface area contributed by atoms with Gasteiger partial charge in [-0.25, -0.2) is 0 Å². The van der Waals surface area contributed by atoms with Gasteiger partial charge in [0.25, 0.3) is 0 Å². The maximum atomic E-state index is 5.36. The van der Waals surface area contributed by atoms with Gasteiger partial charge in [0.05, 0.1) is 0 Å². The lowest BCUT2D eigenvalue weighted by Gasteiger charge is -2.43. The van der Waals surface area contributed by atoms with Gasteiger partial charge in [-0.2, -0.15) is 4.98 Å². The Hall–Kier alpha value is -0.860. The molecule has 3 aliphatic carbocycles. The summed E-state index contributed by atoms with van der Waals surface area (Å²) in [6, 6.07) is 0. The van der Waals surface area contributed by atoms with Crippen LogP contribution in [0, 0.1) is 12.8 Å². The third-order valence-electron chi connectivity index (χ3n) is 4.07. The summed E-state index contributed by atoms with van der Waals surface area (Å²) in [6.45, 7) is 1.90. The van der Waals surface area contributed by atoms with E-state index in [0.717, 1.165) is 17.6 Å². The molecule has 3 aliphatic rings. The minimum Gasteiger partial charge on any atom is -0.339 e. The van der Waals surface area contributed by atoms with Crippen LogP contribution in [0.5, 0.6) is 0 Å². The highest BCUT2D eigenvalue weighted by molar-refractivity contribution is 5.10. The molecule has 2 bridgehead atoms. The Bertz CT molecular complexity index is 323. The van der Waals surface area contributed by atoms with Gasteiger partial charge in [0.2, 0.25) is 5.89 Å². The highest BCUT2D eigenvalue weighted by Crippen LogP contribution is 2.51. The normalized spacial score (nSPS) is 36.2. The Kier molecular flexibility index (Phi) is 1.70. The van der Waals surface area contributed by atoms with Crippen molar-refractivity contribution in [2.75, 3.05) is 0 Å². The molecular weight excluding hydrogens is 176 g/mol. The summed E-state index contributed by atoms with van der Waals surface area (Å²) in [7, 11) is 0. The van der Waals surface area contributed by atoms with Crippen molar-refractivity contribution in [3.8, 4) is 0 Å². The Balaban J connectivity index is 1.95. The highest BCUT2D eigenvalue weighted by atomic mass is 16.5. The third kappa shape index (κ3) is 1.11. The minimum atomic E-state index is 0.260. The second kappa shape index (κ2) is 2.81. The summed E-state index contributed by atoms with van der Waals surface area (Å²) in [4.78, 5) is 4.42. The zero-order valence-corrected chi connectivity index (χ0v) is 8.62. The Morgan fingerprint density at radius 3 is 2.36 bits per heavy atom. The predicted molar refractivity (Wildman–Crippen MR) is 51.9 cm³/mol. The van der Waals surface area contributed by atoms with Crippen molar-refractivity contribution in [1.29, 1.82) is 0 Å². The molecule has 0 unspecified atom stereocenters. The molecule has 14 heavy (non-hydrogen) atoms. The lowest BCUT2D eigenvalue weighted by molar-refractivity contribution is 0.103. The quantitative estimate of drug-likeness (QED) is 0.686. The second-order valence-corrected chi connectivity index (χ2v) is 4.91. The largest absolute Gasteiger partial charge is 0.339 e. The van der Waals surface area contributed by atoms with Crippen LogP contribution in [-0.2, 0) is 5.41 Å². The van der Waals surface area contributed by atoms with E-state index in [2.05, 4.69) is 10.1 Å². The summed E-state index contributed by atoms with van der Waals surface area (Å²) < 4.78 is 5.36. The van der Waals surface area contributed by atoms with E-state index < -0.39 is 0 Å². The van der Waals surface area contributed by atoms with Gasteiger partial charge in [-0.1, -0.05) is 5.16 Å². The molecule has 0 spiro atoms. The monoisotopic (exact) mass is 192 g/mol. The van der Waals surface area contributed by atoms with Crippen molar-refractivity contribution in [3.05, 3.63) is 11.7 Å². The predicted octanol–water partition coefficient (Wildman–Crippen LogP) is 2.60. The SMILES string of the molecule is Cc1noc(C23CCC(CC2)CC3)n1.